The first-order valence-electron chi connectivity index (χ1n) is 6.82. The number of nitrogens with two attached hydrogens (primary N) is 1. The molecule has 5 nitrogen and oxygen atoms in total. The Balaban J connectivity index is 2.47. The van der Waals surface area contributed by atoms with Gasteiger partial charge in [0.1, 0.15) is 17.5 Å². The van der Waals surface area contributed by atoms with Crippen LogP contribution in [0, 0.1) is 0 Å². The van der Waals surface area contributed by atoms with Crippen LogP contribution in [0.1, 0.15) is 29.5 Å². The quantitative estimate of drug-likeness (QED) is 0.854. The van der Waals surface area contributed by atoms with Crippen LogP contribution in [0.2, 0.25) is 0 Å². The van der Waals surface area contributed by atoms with E-state index in [9.17, 15) is 4.79 Å². The first-order chi connectivity index (χ1) is 9.58. The average molecular weight is 279 g/mol. The van der Waals surface area contributed by atoms with Gasteiger partial charge in [0.25, 0.3) is 0 Å². The lowest BCUT2D eigenvalue weighted by Crippen LogP contribution is -2.32. The Kier molecular flexibility index (Phi) is 4.49. The van der Waals surface area contributed by atoms with E-state index >= 15 is 0 Å². The molecule has 20 heavy (non-hydrogen) atoms. The number of carboxylic acids is 1. The van der Waals surface area contributed by atoms with Gasteiger partial charge in [0, 0.05) is 23.1 Å². The molecule has 0 bridgehead atoms. The van der Waals surface area contributed by atoms with Gasteiger partial charge in [-0.05, 0) is 31.7 Å². The van der Waals surface area contributed by atoms with Crippen LogP contribution in [0.3, 0.4) is 0 Å². The van der Waals surface area contributed by atoms with Crippen LogP contribution in [0.5, 0.6) is 11.5 Å². The standard InChI is InChI=1S/C15H21NO4/c1-19-13-8-9(7-12(16)15(17)18)14(20-2)11-6-4-3-5-10(11)13/h8,12H,3-7,16H2,1-2H3,(H,17,18). The van der Waals surface area contributed by atoms with Crippen molar-refractivity contribution in [1.29, 1.82) is 0 Å². The summed E-state index contributed by atoms with van der Waals surface area (Å²) in [6, 6.07) is 0.932. The Labute approximate surface area is 118 Å². The number of fused-ring (bicyclic) bond motifs is 1. The van der Waals surface area contributed by atoms with E-state index in [0.29, 0.717) is 0 Å². The lowest BCUT2D eigenvalue weighted by molar-refractivity contribution is -0.138. The monoisotopic (exact) mass is 279 g/mol. The van der Waals surface area contributed by atoms with Gasteiger partial charge in [0.05, 0.1) is 14.2 Å². The van der Waals surface area contributed by atoms with E-state index in [4.69, 9.17) is 20.3 Å². The Bertz CT molecular complexity index is 513. The van der Waals surface area contributed by atoms with Crippen molar-refractivity contribution >= 4 is 5.97 Å². The lowest BCUT2D eigenvalue weighted by atomic mass is 9.87. The zero-order chi connectivity index (χ0) is 14.7. The van der Waals surface area contributed by atoms with Crippen LogP contribution in [0.15, 0.2) is 6.07 Å². The van der Waals surface area contributed by atoms with Gasteiger partial charge in [-0.25, -0.2) is 0 Å². The molecule has 3 N–H and O–H groups in total. The largest absolute Gasteiger partial charge is 0.496 e. The molecule has 110 valence electrons. The maximum atomic E-state index is 10.9. The van der Waals surface area contributed by atoms with Gasteiger partial charge in [0.15, 0.2) is 0 Å². The summed E-state index contributed by atoms with van der Waals surface area (Å²) < 4.78 is 11.0. The van der Waals surface area contributed by atoms with Crippen LogP contribution in [-0.4, -0.2) is 31.3 Å². The SMILES string of the molecule is COc1cc(CC(N)C(=O)O)c(OC)c2c1CCCC2. The minimum atomic E-state index is -1.01. The fraction of sp³-hybridized carbons (Fsp3) is 0.533. The number of carbonyl (C=O) groups is 1. The van der Waals surface area contributed by atoms with Crippen molar-refractivity contribution in [2.75, 3.05) is 14.2 Å². The first-order valence-corrected chi connectivity index (χ1v) is 6.82. The van der Waals surface area contributed by atoms with Crippen LogP contribution < -0.4 is 15.2 Å². The minimum Gasteiger partial charge on any atom is -0.496 e. The Morgan fingerprint density at radius 1 is 1.30 bits per heavy atom. The van der Waals surface area contributed by atoms with Gasteiger partial charge in [-0.2, -0.15) is 0 Å². The molecule has 1 unspecified atom stereocenters. The molecule has 1 aromatic rings. The Morgan fingerprint density at radius 2 is 1.95 bits per heavy atom. The molecular formula is C15H21NO4. The van der Waals surface area contributed by atoms with Crippen molar-refractivity contribution in [3.8, 4) is 11.5 Å². The van der Waals surface area contributed by atoms with Gasteiger partial charge in [-0.15, -0.1) is 0 Å². The van der Waals surface area contributed by atoms with Crippen molar-refractivity contribution in [3.63, 3.8) is 0 Å². The normalized spacial score (nSPS) is 15.3. The summed E-state index contributed by atoms with van der Waals surface area (Å²) in [4.78, 5) is 10.9. The number of aliphatic carboxylic acids is 1. The number of ether oxygens (including phenoxy) is 2. The van der Waals surface area contributed by atoms with Gasteiger partial charge < -0.3 is 20.3 Å². The number of methoxy groups -OCH3 is 2. The summed E-state index contributed by atoms with van der Waals surface area (Å²) in [7, 11) is 3.25. The van der Waals surface area contributed by atoms with E-state index < -0.39 is 12.0 Å². The highest BCUT2D eigenvalue weighted by Gasteiger charge is 2.24. The molecule has 0 heterocycles. The first kappa shape index (κ1) is 14.7. The molecule has 1 aliphatic rings. The van der Waals surface area contributed by atoms with Crippen molar-refractivity contribution in [3.05, 3.63) is 22.8 Å². The molecule has 5 heteroatoms. The topological polar surface area (TPSA) is 81.8 Å². The highest BCUT2D eigenvalue weighted by atomic mass is 16.5. The predicted molar refractivity (Wildman–Crippen MR) is 75.5 cm³/mol. The number of hydrogen-bond acceptors (Lipinski definition) is 4. The second-order valence-corrected chi connectivity index (χ2v) is 5.08. The van der Waals surface area contributed by atoms with Crippen molar-refractivity contribution in [1.82, 2.24) is 0 Å². The lowest BCUT2D eigenvalue weighted by Gasteiger charge is -2.24. The molecule has 1 aromatic carbocycles. The molecule has 1 atom stereocenters. The molecule has 0 fully saturated rings. The number of hydrogen-bond donors (Lipinski definition) is 2. The smallest absolute Gasteiger partial charge is 0.320 e. The highest BCUT2D eigenvalue weighted by Crippen LogP contribution is 2.39. The summed E-state index contributed by atoms with van der Waals surface area (Å²) in [5.41, 5.74) is 8.78. The van der Waals surface area contributed by atoms with E-state index in [1.165, 1.54) is 5.56 Å². The second-order valence-electron chi connectivity index (χ2n) is 5.08. The third-order valence-corrected chi connectivity index (χ3v) is 3.82. The zero-order valence-corrected chi connectivity index (χ0v) is 11.9. The minimum absolute atomic E-state index is 0.238. The molecule has 2 rings (SSSR count). The van der Waals surface area contributed by atoms with Crippen LogP contribution in [0.4, 0.5) is 0 Å². The molecule has 0 spiro atoms. The second kappa shape index (κ2) is 6.13. The molecular weight excluding hydrogens is 258 g/mol. The summed E-state index contributed by atoms with van der Waals surface area (Å²) in [6.07, 6.45) is 4.40. The van der Waals surface area contributed by atoms with E-state index in [1.807, 2.05) is 6.07 Å². The summed E-state index contributed by atoms with van der Waals surface area (Å²) in [6.45, 7) is 0. The fourth-order valence-corrected chi connectivity index (χ4v) is 2.84. The average Bonchev–Trinajstić information content (AvgIpc) is 2.46. The number of rotatable bonds is 5. The molecule has 0 aromatic heterocycles. The van der Waals surface area contributed by atoms with Crippen molar-refractivity contribution in [2.24, 2.45) is 5.73 Å². The summed E-state index contributed by atoms with van der Waals surface area (Å²) in [5, 5.41) is 8.97. The van der Waals surface area contributed by atoms with Crippen LogP contribution >= 0.6 is 0 Å². The Morgan fingerprint density at radius 3 is 2.50 bits per heavy atom. The maximum Gasteiger partial charge on any atom is 0.320 e. The van der Waals surface area contributed by atoms with Crippen LogP contribution in [0.25, 0.3) is 0 Å². The number of benzene rings is 1. The van der Waals surface area contributed by atoms with Crippen molar-refractivity contribution < 1.29 is 19.4 Å². The zero-order valence-electron chi connectivity index (χ0n) is 11.9. The summed E-state index contributed by atoms with van der Waals surface area (Å²) in [5.74, 6) is 0.578. The molecule has 0 amide bonds. The predicted octanol–water partition coefficient (Wildman–Crippen LogP) is 1.54. The fourth-order valence-electron chi connectivity index (χ4n) is 2.84. The Hall–Kier alpha value is -1.75. The third kappa shape index (κ3) is 2.72. The molecule has 0 aliphatic heterocycles. The molecule has 0 radical (unpaired) electrons. The van der Waals surface area contributed by atoms with E-state index in [1.54, 1.807) is 14.2 Å². The van der Waals surface area contributed by atoms with Gasteiger partial charge >= 0.3 is 5.97 Å². The van der Waals surface area contributed by atoms with Gasteiger partial charge in [-0.1, -0.05) is 0 Å². The van der Waals surface area contributed by atoms with Crippen molar-refractivity contribution in [2.45, 2.75) is 38.1 Å². The van der Waals surface area contributed by atoms with E-state index in [2.05, 4.69) is 0 Å². The number of carboxylic acid groups (broad SMARTS) is 1. The molecule has 1 aliphatic carbocycles. The van der Waals surface area contributed by atoms with Gasteiger partial charge in [-0.3, -0.25) is 4.79 Å². The van der Waals surface area contributed by atoms with E-state index in [0.717, 1.165) is 48.3 Å². The van der Waals surface area contributed by atoms with Gasteiger partial charge in [0.2, 0.25) is 0 Å². The highest BCUT2D eigenvalue weighted by molar-refractivity contribution is 5.74. The van der Waals surface area contributed by atoms with E-state index in [-0.39, 0.29) is 6.42 Å². The maximum absolute atomic E-state index is 10.9. The summed E-state index contributed by atoms with van der Waals surface area (Å²) >= 11 is 0. The van der Waals surface area contributed by atoms with Crippen LogP contribution in [-0.2, 0) is 24.1 Å². The molecule has 0 saturated heterocycles. The third-order valence-electron chi connectivity index (χ3n) is 3.82. The molecule has 0 saturated carbocycles.